The molecule has 1 aliphatic carbocycles. The van der Waals surface area contributed by atoms with E-state index in [2.05, 4.69) is 5.73 Å². The highest BCUT2D eigenvalue weighted by Crippen LogP contribution is 2.16. The summed E-state index contributed by atoms with van der Waals surface area (Å²) in [6.45, 7) is 0. The van der Waals surface area contributed by atoms with Crippen LogP contribution in [0.25, 0.3) is 0 Å². The summed E-state index contributed by atoms with van der Waals surface area (Å²) in [4.78, 5) is 0. The van der Waals surface area contributed by atoms with Crippen LogP contribution in [0.3, 0.4) is 0 Å². The van der Waals surface area contributed by atoms with E-state index >= 15 is 0 Å². The summed E-state index contributed by atoms with van der Waals surface area (Å²) in [5.41, 5.74) is 4.39. The van der Waals surface area contributed by atoms with Crippen molar-refractivity contribution in [2.45, 2.75) is 18.9 Å². The summed E-state index contributed by atoms with van der Waals surface area (Å²) in [5.74, 6) is 0. The molecule has 0 aliphatic heterocycles. The van der Waals surface area contributed by atoms with E-state index < -0.39 is 0 Å². The van der Waals surface area contributed by atoms with Crippen molar-refractivity contribution in [3.63, 3.8) is 0 Å². The molecule has 3 nitrogen and oxygen atoms in total. The van der Waals surface area contributed by atoms with Crippen molar-refractivity contribution in [2.24, 2.45) is 5.73 Å². The first kappa shape index (κ1) is 6.43. The molecule has 1 fully saturated rings. The number of aliphatic hydroxyl groups is 1. The standard InChI is InChI=1S/C3H6O.CH4N2/c4-3-1-2-3;2-1-3/h3-4H,1-2H2;1H,(H3,2,3). The second-order valence-electron chi connectivity index (χ2n) is 1.40. The number of rotatable bonds is 0. The number of hydrogen-bond acceptors (Lipinski definition) is 2. The fourth-order valence-corrected chi connectivity index (χ4v) is 0.0745. The van der Waals surface area contributed by atoms with Gasteiger partial charge in [-0.25, -0.2) is 0 Å². The molecule has 4 N–H and O–H groups in total. The van der Waals surface area contributed by atoms with Crippen molar-refractivity contribution in [1.82, 2.24) is 0 Å². The minimum atomic E-state index is 0.0833. The quantitative estimate of drug-likeness (QED) is 0.290. The van der Waals surface area contributed by atoms with Gasteiger partial charge in [0.25, 0.3) is 0 Å². The summed E-state index contributed by atoms with van der Waals surface area (Å²) >= 11 is 0. The number of nitrogens with one attached hydrogen (secondary N) is 1. The van der Waals surface area contributed by atoms with E-state index in [0.717, 1.165) is 19.2 Å². The molecule has 1 aliphatic rings. The molecular weight excluding hydrogens is 92.1 g/mol. The molecular formula is C4H10N2O. The van der Waals surface area contributed by atoms with Gasteiger partial charge in [0.05, 0.1) is 12.4 Å². The topological polar surface area (TPSA) is 70.1 Å². The lowest BCUT2D eigenvalue weighted by molar-refractivity contribution is 0.279. The molecule has 0 saturated heterocycles. The highest BCUT2D eigenvalue weighted by molar-refractivity contribution is 5.46. The SMILES string of the molecule is N=CN.OC1CC1. The molecule has 3 heteroatoms. The lowest BCUT2D eigenvalue weighted by atomic mass is 10.9. The van der Waals surface area contributed by atoms with Gasteiger partial charge in [-0.05, 0) is 12.8 Å². The summed E-state index contributed by atoms with van der Waals surface area (Å²) < 4.78 is 0. The minimum Gasteiger partial charge on any atom is -0.393 e. The maximum absolute atomic E-state index is 8.17. The smallest absolute Gasteiger partial charge is 0.0765 e. The van der Waals surface area contributed by atoms with Crippen molar-refractivity contribution in [3.05, 3.63) is 0 Å². The fourth-order valence-electron chi connectivity index (χ4n) is 0.0745. The Morgan fingerprint density at radius 3 is 1.86 bits per heavy atom. The van der Waals surface area contributed by atoms with Gasteiger partial charge < -0.3 is 10.8 Å². The van der Waals surface area contributed by atoms with Gasteiger partial charge in [0.2, 0.25) is 0 Å². The number of aliphatic hydroxyl groups excluding tert-OH is 1. The molecule has 0 spiro atoms. The van der Waals surface area contributed by atoms with Gasteiger partial charge in [-0.2, -0.15) is 0 Å². The average molecular weight is 102 g/mol. The van der Waals surface area contributed by atoms with Crippen LogP contribution < -0.4 is 5.73 Å². The van der Waals surface area contributed by atoms with E-state index in [4.69, 9.17) is 10.5 Å². The van der Waals surface area contributed by atoms with E-state index in [1.165, 1.54) is 0 Å². The molecule has 0 aromatic carbocycles. The van der Waals surface area contributed by atoms with Crippen LogP contribution in [0, 0.1) is 5.41 Å². The van der Waals surface area contributed by atoms with Crippen molar-refractivity contribution in [1.29, 1.82) is 5.41 Å². The molecule has 0 radical (unpaired) electrons. The Balaban J connectivity index is 0.000000110. The van der Waals surface area contributed by atoms with Crippen molar-refractivity contribution in [2.75, 3.05) is 0 Å². The Kier molecular flexibility index (Phi) is 3.32. The Bertz CT molecular complexity index is 51.7. The Morgan fingerprint density at radius 2 is 1.86 bits per heavy atom. The maximum Gasteiger partial charge on any atom is 0.0765 e. The van der Waals surface area contributed by atoms with E-state index in [-0.39, 0.29) is 6.10 Å². The third-order valence-corrected chi connectivity index (χ3v) is 0.547. The molecule has 1 rings (SSSR count). The van der Waals surface area contributed by atoms with Gasteiger partial charge in [-0.1, -0.05) is 0 Å². The van der Waals surface area contributed by atoms with Gasteiger partial charge in [0.15, 0.2) is 0 Å². The van der Waals surface area contributed by atoms with Gasteiger partial charge in [-0.3, -0.25) is 5.41 Å². The molecule has 0 amide bonds. The normalized spacial score (nSPS) is 16.7. The van der Waals surface area contributed by atoms with Crippen molar-refractivity contribution in [3.8, 4) is 0 Å². The van der Waals surface area contributed by atoms with Crippen molar-refractivity contribution < 1.29 is 5.11 Å². The Hall–Kier alpha value is -0.570. The van der Waals surface area contributed by atoms with E-state index in [9.17, 15) is 0 Å². The van der Waals surface area contributed by atoms with Crippen LogP contribution in [-0.4, -0.2) is 17.5 Å². The number of nitrogens with two attached hydrogens (primary N) is 1. The lowest BCUT2D eigenvalue weighted by Gasteiger charge is -1.57. The van der Waals surface area contributed by atoms with Crippen LogP contribution in [0.2, 0.25) is 0 Å². The van der Waals surface area contributed by atoms with Gasteiger partial charge in [0, 0.05) is 0 Å². The predicted molar refractivity (Wildman–Crippen MR) is 28.2 cm³/mol. The lowest BCUT2D eigenvalue weighted by Crippen LogP contribution is -1.81. The molecule has 7 heavy (non-hydrogen) atoms. The van der Waals surface area contributed by atoms with E-state index in [0.29, 0.717) is 0 Å². The summed E-state index contributed by atoms with van der Waals surface area (Å²) in [7, 11) is 0. The minimum absolute atomic E-state index is 0.0833. The van der Waals surface area contributed by atoms with Crippen LogP contribution in [0.1, 0.15) is 12.8 Å². The molecule has 42 valence electrons. The van der Waals surface area contributed by atoms with E-state index in [1.807, 2.05) is 0 Å². The second-order valence-corrected chi connectivity index (χ2v) is 1.40. The molecule has 0 unspecified atom stereocenters. The monoisotopic (exact) mass is 102 g/mol. The first-order valence-corrected chi connectivity index (χ1v) is 2.20. The second kappa shape index (κ2) is 3.61. The molecule has 0 aromatic rings. The summed E-state index contributed by atoms with van der Waals surface area (Å²) in [5, 5.41) is 14.0. The highest BCUT2D eigenvalue weighted by Gasteiger charge is 2.15. The molecule has 0 aromatic heterocycles. The highest BCUT2D eigenvalue weighted by atomic mass is 16.3. The summed E-state index contributed by atoms with van der Waals surface area (Å²) in [6, 6.07) is 0. The van der Waals surface area contributed by atoms with Crippen LogP contribution in [0.4, 0.5) is 0 Å². The summed E-state index contributed by atoms with van der Waals surface area (Å²) in [6.07, 6.45) is 2.92. The third kappa shape index (κ3) is 10.8. The zero-order valence-electron chi connectivity index (χ0n) is 4.09. The molecule has 1 saturated carbocycles. The van der Waals surface area contributed by atoms with Crippen LogP contribution in [0.5, 0.6) is 0 Å². The Morgan fingerprint density at radius 1 is 1.71 bits per heavy atom. The Labute approximate surface area is 42.7 Å². The first-order chi connectivity index (χ1) is 3.31. The predicted octanol–water partition coefficient (Wildman–Crippen LogP) is -0.307. The maximum atomic E-state index is 8.17. The largest absolute Gasteiger partial charge is 0.393 e. The van der Waals surface area contributed by atoms with Crippen molar-refractivity contribution >= 4 is 6.34 Å². The number of hydrogen-bond donors (Lipinski definition) is 3. The zero-order chi connectivity index (χ0) is 5.70. The average Bonchev–Trinajstić information content (AvgIpc) is 2.25. The molecule has 0 atom stereocenters. The zero-order valence-corrected chi connectivity index (χ0v) is 4.09. The molecule has 0 bridgehead atoms. The third-order valence-electron chi connectivity index (χ3n) is 0.547. The van der Waals surface area contributed by atoms with Gasteiger partial charge in [0.1, 0.15) is 0 Å². The van der Waals surface area contributed by atoms with E-state index in [1.54, 1.807) is 0 Å². The van der Waals surface area contributed by atoms with Crippen LogP contribution in [0.15, 0.2) is 0 Å². The van der Waals surface area contributed by atoms with Crippen LogP contribution in [-0.2, 0) is 0 Å². The van der Waals surface area contributed by atoms with Gasteiger partial charge in [-0.15, -0.1) is 0 Å². The van der Waals surface area contributed by atoms with Crippen LogP contribution >= 0.6 is 0 Å². The first-order valence-electron chi connectivity index (χ1n) is 2.20. The van der Waals surface area contributed by atoms with Gasteiger partial charge >= 0.3 is 0 Å². The molecule has 0 heterocycles. The fraction of sp³-hybridized carbons (Fsp3) is 0.750.